The molecule has 0 spiro atoms. The van der Waals surface area contributed by atoms with Crippen molar-refractivity contribution in [2.75, 3.05) is 19.6 Å². The Hall–Kier alpha value is -1.83. The molecule has 20 heavy (non-hydrogen) atoms. The summed E-state index contributed by atoms with van der Waals surface area (Å²) in [4.78, 5) is 14.1. The highest BCUT2D eigenvalue weighted by Gasteiger charge is 2.34. The third kappa shape index (κ3) is 3.38. The van der Waals surface area contributed by atoms with Crippen LogP contribution in [0.4, 0.5) is 0 Å². The second kappa shape index (κ2) is 5.66. The van der Waals surface area contributed by atoms with Crippen LogP contribution in [0.25, 0.3) is 0 Å². The van der Waals surface area contributed by atoms with Crippen molar-refractivity contribution in [2.24, 2.45) is 5.73 Å². The number of carbonyl (C=O) groups excluding carboxylic acids is 1. The Balaban J connectivity index is 2.24. The van der Waals surface area contributed by atoms with Gasteiger partial charge in [0.25, 0.3) is 5.91 Å². The van der Waals surface area contributed by atoms with Crippen molar-refractivity contribution in [1.82, 2.24) is 4.90 Å². The zero-order chi connectivity index (χ0) is 14.8. The summed E-state index contributed by atoms with van der Waals surface area (Å²) in [6.45, 7) is 4.96. The lowest BCUT2D eigenvalue weighted by molar-refractivity contribution is 0.0572. The van der Waals surface area contributed by atoms with E-state index in [1.165, 1.54) is 0 Å². The number of nitrogens with zero attached hydrogens (tertiary/aromatic N) is 1. The van der Waals surface area contributed by atoms with Gasteiger partial charge in [0.05, 0.1) is 12.1 Å². The van der Waals surface area contributed by atoms with Crippen LogP contribution in [-0.4, -0.2) is 41.1 Å². The van der Waals surface area contributed by atoms with E-state index in [-0.39, 0.29) is 5.91 Å². The lowest BCUT2D eigenvalue weighted by atomic mass is 10.1. The number of hydrogen-bond donors (Lipinski definition) is 2. The van der Waals surface area contributed by atoms with E-state index in [9.17, 15) is 9.90 Å². The number of hydrogen-bond acceptors (Lipinski definition) is 3. The summed E-state index contributed by atoms with van der Waals surface area (Å²) in [6, 6.07) is 5.56. The fraction of sp³-hybridized carbons (Fsp3) is 0.438. The molecule has 4 heteroatoms. The normalized spacial score (nSPS) is 21.5. The van der Waals surface area contributed by atoms with Gasteiger partial charge in [-0.2, -0.15) is 0 Å². The molecule has 0 aliphatic carbocycles. The number of β-amino-alcohol motifs (C(OH)–C–C–N with tert-alkyl or cyclic N) is 1. The second-order valence-electron chi connectivity index (χ2n) is 5.57. The summed E-state index contributed by atoms with van der Waals surface area (Å²) in [6.07, 6.45) is 0.615. The zero-order valence-electron chi connectivity index (χ0n) is 11.9. The van der Waals surface area contributed by atoms with Crippen LogP contribution in [0.5, 0.6) is 0 Å². The molecule has 1 aromatic carbocycles. The largest absolute Gasteiger partial charge is 0.388 e. The SMILES string of the molecule is Cc1cc(C#CCN)cc(C(=O)N2CCC(C)(O)C2)c1. The van der Waals surface area contributed by atoms with Gasteiger partial charge >= 0.3 is 0 Å². The van der Waals surface area contributed by atoms with Gasteiger partial charge in [-0.1, -0.05) is 11.8 Å². The highest BCUT2D eigenvalue weighted by molar-refractivity contribution is 5.95. The number of benzene rings is 1. The van der Waals surface area contributed by atoms with Crippen LogP contribution in [0.3, 0.4) is 0 Å². The van der Waals surface area contributed by atoms with Crippen LogP contribution in [0, 0.1) is 18.8 Å². The molecule has 0 aromatic heterocycles. The summed E-state index contributed by atoms with van der Waals surface area (Å²) in [5.74, 6) is 5.69. The topological polar surface area (TPSA) is 66.6 Å². The molecule has 1 fully saturated rings. The molecule has 1 saturated heterocycles. The van der Waals surface area contributed by atoms with E-state index in [1.807, 2.05) is 19.1 Å². The van der Waals surface area contributed by atoms with Gasteiger partial charge in [-0.15, -0.1) is 0 Å². The Morgan fingerprint density at radius 3 is 2.85 bits per heavy atom. The number of amides is 1. The lowest BCUT2D eigenvalue weighted by Crippen LogP contribution is -2.33. The Bertz CT molecular complexity index is 582. The zero-order valence-corrected chi connectivity index (χ0v) is 11.9. The minimum atomic E-state index is -0.776. The van der Waals surface area contributed by atoms with E-state index in [4.69, 9.17) is 5.73 Å². The molecule has 4 nitrogen and oxygen atoms in total. The van der Waals surface area contributed by atoms with E-state index in [0.29, 0.717) is 31.6 Å². The van der Waals surface area contributed by atoms with Gasteiger partial charge < -0.3 is 15.7 Å². The van der Waals surface area contributed by atoms with Crippen LogP contribution in [-0.2, 0) is 0 Å². The predicted molar refractivity (Wildman–Crippen MR) is 78.3 cm³/mol. The molecule has 3 N–H and O–H groups in total. The molecule has 2 rings (SSSR count). The summed E-state index contributed by atoms with van der Waals surface area (Å²) in [5.41, 5.74) is 6.99. The molecule has 0 saturated carbocycles. The third-order valence-corrected chi connectivity index (χ3v) is 3.40. The van der Waals surface area contributed by atoms with Crippen molar-refractivity contribution in [1.29, 1.82) is 0 Å². The fourth-order valence-electron chi connectivity index (χ4n) is 2.43. The molecule has 1 heterocycles. The highest BCUT2D eigenvalue weighted by atomic mass is 16.3. The first-order valence-electron chi connectivity index (χ1n) is 6.73. The molecule has 0 bridgehead atoms. The molecule has 1 aromatic rings. The summed E-state index contributed by atoms with van der Waals surface area (Å²) in [5, 5.41) is 9.96. The third-order valence-electron chi connectivity index (χ3n) is 3.40. The quantitative estimate of drug-likeness (QED) is 0.747. The van der Waals surface area contributed by atoms with Crippen LogP contribution in [0.2, 0.25) is 0 Å². The standard InChI is InChI=1S/C16H20N2O2/c1-12-8-13(4-3-6-17)10-14(9-12)15(19)18-7-5-16(2,20)11-18/h8-10,20H,5-7,11,17H2,1-2H3. The van der Waals surface area contributed by atoms with Gasteiger partial charge in [-0.05, 0) is 44.0 Å². The molecule has 0 radical (unpaired) electrons. The molecule has 1 aliphatic heterocycles. The van der Waals surface area contributed by atoms with Crippen LogP contribution in [0.15, 0.2) is 18.2 Å². The number of carbonyl (C=O) groups is 1. The molecular weight excluding hydrogens is 252 g/mol. The molecule has 106 valence electrons. The van der Waals surface area contributed by atoms with Gasteiger partial charge in [0, 0.05) is 24.2 Å². The van der Waals surface area contributed by atoms with Crippen LogP contribution >= 0.6 is 0 Å². The number of nitrogens with two attached hydrogens (primary N) is 1. The van der Waals surface area contributed by atoms with E-state index in [0.717, 1.165) is 11.1 Å². The van der Waals surface area contributed by atoms with Gasteiger partial charge in [0.15, 0.2) is 0 Å². The first-order valence-corrected chi connectivity index (χ1v) is 6.73. The van der Waals surface area contributed by atoms with E-state index in [1.54, 1.807) is 17.9 Å². The molecular formula is C16H20N2O2. The Morgan fingerprint density at radius 2 is 2.25 bits per heavy atom. The summed E-state index contributed by atoms with van der Waals surface area (Å²) >= 11 is 0. The van der Waals surface area contributed by atoms with Gasteiger partial charge in [-0.3, -0.25) is 4.79 Å². The molecule has 1 atom stereocenters. The number of aliphatic hydroxyl groups is 1. The summed E-state index contributed by atoms with van der Waals surface area (Å²) in [7, 11) is 0. The molecule has 1 aliphatic rings. The molecule has 1 amide bonds. The van der Waals surface area contributed by atoms with Crippen molar-refractivity contribution in [3.8, 4) is 11.8 Å². The summed E-state index contributed by atoms with van der Waals surface area (Å²) < 4.78 is 0. The van der Waals surface area contributed by atoms with Gasteiger partial charge in [0.1, 0.15) is 0 Å². The average Bonchev–Trinajstić information content (AvgIpc) is 2.75. The van der Waals surface area contributed by atoms with Crippen molar-refractivity contribution in [3.05, 3.63) is 34.9 Å². The minimum Gasteiger partial charge on any atom is -0.388 e. The maximum absolute atomic E-state index is 12.5. The maximum Gasteiger partial charge on any atom is 0.254 e. The van der Waals surface area contributed by atoms with E-state index >= 15 is 0 Å². The number of rotatable bonds is 1. The molecule has 1 unspecified atom stereocenters. The maximum atomic E-state index is 12.5. The second-order valence-corrected chi connectivity index (χ2v) is 5.57. The van der Waals surface area contributed by atoms with Crippen molar-refractivity contribution in [3.63, 3.8) is 0 Å². The lowest BCUT2D eigenvalue weighted by Gasteiger charge is -2.19. The number of aryl methyl sites for hydroxylation is 1. The Morgan fingerprint density at radius 1 is 1.50 bits per heavy atom. The van der Waals surface area contributed by atoms with Crippen molar-refractivity contribution in [2.45, 2.75) is 25.9 Å². The minimum absolute atomic E-state index is 0.0535. The number of likely N-dealkylation sites (tertiary alicyclic amines) is 1. The van der Waals surface area contributed by atoms with E-state index in [2.05, 4.69) is 11.8 Å². The van der Waals surface area contributed by atoms with Crippen LogP contribution in [0.1, 0.15) is 34.8 Å². The van der Waals surface area contributed by atoms with Gasteiger partial charge in [0.2, 0.25) is 0 Å². The smallest absolute Gasteiger partial charge is 0.254 e. The van der Waals surface area contributed by atoms with Gasteiger partial charge in [-0.25, -0.2) is 0 Å². The Kier molecular flexibility index (Phi) is 4.12. The first kappa shape index (κ1) is 14.6. The fourth-order valence-corrected chi connectivity index (χ4v) is 2.43. The van der Waals surface area contributed by atoms with Crippen molar-refractivity contribution >= 4 is 5.91 Å². The monoisotopic (exact) mass is 272 g/mol. The average molecular weight is 272 g/mol. The Labute approximate surface area is 119 Å². The highest BCUT2D eigenvalue weighted by Crippen LogP contribution is 2.22. The van der Waals surface area contributed by atoms with E-state index < -0.39 is 5.60 Å². The predicted octanol–water partition coefficient (Wildman–Crippen LogP) is 0.902. The first-order chi connectivity index (χ1) is 9.41. The van der Waals surface area contributed by atoms with Crippen molar-refractivity contribution < 1.29 is 9.90 Å². The van der Waals surface area contributed by atoms with Crippen LogP contribution < -0.4 is 5.73 Å².